The summed E-state index contributed by atoms with van der Waals surface area (Å²) in [5.74, 6) is -0.574. The van der Waals surface area contributed by atoms with E-state index in [-0.39, 0.29) is 35.4 Å². The zero-order chi connectivity index (χ0) is 26.8. The van der Waals surface area contributed by atoms with Gasteiger partial charge in [0.15, 0.2) is 10.7 Å². The van der Waals surface area contributed by atoms with Crippen molar-refractivity contribution in [1.29, 1.82) is 0 Å². The van der Waals surface area contributed by atoms with Gasteiger partial charge in [-0.05, 0) is 71.8 Å². The number of imide groups is 2. The summed E-state index contributed by atoms with van der Waals surface area (Å²) in [7, 11) is 0. The Morgan fingerprint density at radius 2 is 0.974 bits per heavy atom. The Kier molecular flexibility index (Phi) is 7.44. The van der Waals surface area contributed by atoms with E-state index in [4.69, 9.17) is 0 Å². The zero-order valence-corrected chi connectivity index (χ0v) is 22.5. The van der Waals surface area contributed by atoms with Crippen molar-refractivity contribution in [2.45, 2.75) is 37.7 Å². The first-order valence-electron chi connectivity index (χ1n) is 12.1. The van der Waals surface area contributed by atoms with Gasteiger partial charge in [-0.15, -0.1) is 0 Å². The summed E-state index contributed by atoms with van der Waals surface area (Å²) in [6.45, 7) is 4.18. The van der Waals surface area contributed by atoms with E-state index in [1.54, 1.807) is 0 Å². The van der Waals surface area contributed by atoms with Crippen molar-refractivity contribution in [2.24, 2.45) is 0 Å². The first kappa shape index (κ1) is 25.9. The Balaban J connectivity index is 1.19. The van der Waals surface area contributed by atoms with E-state index >= 15 is 0 Å². The highest BCUT2D eigenvalue weighted by Gasteiger charge is 2.41. The Bertz CT molecular complexity index is 1310. The molecule has 3 aromatic rings. The summed E-state index contributed by atoms with van der Waals surface area (Å²) in [4.78, 5) is 53.4. The van der Waals surface area contributed by atoms with Crippen LogP contribution < -0.4 is 10.6 Å². The van der Waals surface area contributed by atoms with Crippen LogP contribution in [0, 0.1) is 13.8 Å². The number of amides is 4. The highest BCUT2D eigenvalue weighted by Crippen LogP contribution is 2.32. The molecule has 0 saturated carbocycles. The molecule has 0 aromatic heterocycles. The number of nitrogens with one attached hydrogen (secondary N) is 2. The standard InChI is InChI=1S/C28H26N4O4S2/c1-17-7-3-5-9-21(17)29-23-25(33)31(27(35)37-23)15-19-11-13-20(14-12-19)16-32-26(34)24(38-28(32)36)30-22-10-6-4-8-18(22)2/h3-14,23-24,29-30H,15-16H2,1-2H3/t23-,24+. The van der Waals surface area contributed by atoms with E-state index in [0.717, 1.165) is 57.2 Å². The van der Waals surface area contributed by atoms with Crippen LogP contribution in [-0.4, -0.2) is 42.8 Å². The SMILES string of the molecule is Cc1ccccc1N[C@@H]1SC(=O)N(Cc2ccc(CN3C(=O)S[C@H](Nc4ccccc4C)C3=O)cc2)C1=O. The minimum Gasteiger partial charge on any atom is -0.365 e. The van der Waals surface area contributed by atoms with Gasteiger partial charge in [-0.2, -0.15) is 0 Å². The molecule has 0 aliphatic carbocycles. The Labute approximate surface area is 229 Å². The monoisotopic (exact) mass is 546 g/mol. The van der Waals surface area contributed by atoms with E-state index in [1.165, 1.54) is 9.80 Å². The highest BCUT2D eigenvalue weighted by atomic mass is 32.2. The Hall–Kier alpha value is -3.76. The molecule has 2 aliphatic heterocycles. The molecule has 3 aromatic carbocycles. The van der Waals surface area contributed by atoms with Crippen molar-refractivity contribution < 1.29 is 19.2 Å². The van der Waals surface area contributed by atoms with Crippen LogP contribution in [0.25, 0.3) is 0 Å². The van der Waals surface area contributed by atoms with Crippen LogP contribution in [0.15, 0.2) is 72.8 Å². The largest absolute Gasteiger partial charge is 0.365 e. The molecule has 4 amide bonds. The molecule has 10 heteroatoms. The van der Waals surface area contributed by atoms with Crippen molar-refractivity contribution in [3.05, 3.63) is 95.1 Å². The molecular formula is C28H26N4O4S2. The van der Waals surface area contributed by atoms with Crippen molar-refractivity contribution in [3.8, 4) is 0 Å². The second-order valence-electron chi connectivity index (χ2n) is 9.11. The third-order valence-electron chi connectivity index (χ3n) is 6.43. The number of anilines is 2. The molecule has 0 spiro atoms. The quantitative estimate of drug-likeness (QED) is 0.378. The average molecular weight is 547 g/mol. The maximum Gasteiger partial charge on any atom is 0.291 e. The molecule has 2 saturated heterocycles. The number of nitrogens with zero attached hydrogens (tertiary/aromatic N) is 2. The fourth-order valence-electron chi connectivity index (χ4n) is 4.23. The lowest BCUT2D eigenvalue weighted by atomic mass is 10.1. The van der Waals surface area contributed by atoms with Crippen LogP contribution in [0.3, 0.4) is 0 Å². The van der Waals surface area contributed by atoms with Crippen LogP contribution in [0.2, 0.25) is 0 Å². The number of benzene rings is 3. The normalized spacial score (nSPS) is 19.4. The molecular weight excluding hydrogens is 520 g/mol. The minimum atomic E-state index is -0.672. The van der Waals surface area contributed by atoms with Crippen LogP contribution in [-0.2, 0) is 22.7 Å². The van der Waals surface area contributed by atoms with E-state index in [2.05, 4.69) is 10.6 Å². The molecule has 0 unspecified atom stereocenters. The first-order chi connectivity index (χ1) is 18.3. The van der Waals surface area contributed by atoms with Gasteiger partial charge in [-0.1, -0.05) is 60.7 Å². The molecule has 2 N–H and O–H groups in total. The summed E-state index contributed by atoms with van der Waals surface area (Å²) in [6.07, 6.45) is 0. The van der Waals surface area contributed by atoms with E-state index in [0.29, 0.717) is 0 Å². The predicted octanol–water partition coefficient (Wildman–Crippen LogP) is 5.57. The lowest BCUT2D eigenvalue weighted by Crippen LogP contribution is -2.34. The highest BCUT2D eigenvalue weighted by molar-refractivity contribution is 8.15. The number of thioether (sulfide) groups is 2. The van der Waals surface area contributed by atoms with Crippen LogP contribution in [0.1, 0.15) is 22.3 Å². The number of carbonyl (C=O) groups is 4. The first-order valence-corrected chi connectivity index (χ1v) is 13.8. The second kappa shape index (κ2) is 10.9. The second-order valence-corrected chi connectivity index (χ2v) is 11.2. The van der Waals surface area contributed by atoms with Crippen molar-refractivity contribution in [1.82, 2.24) is 9.80 Å². The van der Waals surface area contributed by atoms with Gasteiger partial charge in [0.1, 0.15) is 0 Å². The lowest BCUT2D eigenvalue weighted by Gasteiger charge is -2.17. The third kappa shape index (κ3) is 5.41. The van der Waals surface area contributed by atoms with Gasteiger partial charge >= 0.3 is 0 Å². The number of hydrogen-bond donors (Lipinski definition) is 2. The molecule has 194 valence electrons. The third-order valence-corrected chi connectivity index (χ3v) is 8.38. The number of hydrogen-bond acceptors (Lipinski definition) is 8. The van der Waals surface area contributed by atoms with Gasteiger partial charge in [0.2, 0.25) is 0 Å². The fraction of sp³-hybridized carbons (Fsp3) is 0.214. The number of aryl methyl sites for hydroxylation is 2. The summed E-state index contributed by atoms with van der Waals surface area (Å²) in [6, 6.07) is 22.5. The molecule has 38 heavy (non-hydrogen) atoms. The summed E-state index contributed by atoms with van der Waals surface area (Å²) < 4.78 is 0. The lowest BCUT2D eigenvalue weighted by molar-refractivity contribution is -0.127. The Morgan fingerprint density at radius 3 is 1.34 bits per heavy atom. The van der Waals surface area contributed by atoms with Gasteiger partial charge in [-0.25, -0.2) is 0 Å². The molecule has 2 atom stereocenters. The maximum absolute atomic E-state index is 12.9. The maximum atomic E-state index is 12.9. The fourth-order valence-corrected chi connectivity index (χ4v) is 6.02. The van der Waals surface area contributed by atoms with Crippen LogP contribution >= 0.6 is 23.5 Å². The summed E-state index contributed by atoms with van der Waals surface area (Å²) in [5, 5.41) is 4.37. The molecule has 5 rings (SSSR count). The molecule has 2 aliphatic rings. The van der Waals surface area contributed by atoms with Gasteiger partial charge in [-0.3, -0.25) is 29.0 Å². The van der Waals surface area contributed by atoms with E-state index < -0.39 is 10.7 Å². The number of carbonyl (C=O) groups excluding carboxylic acids is 4. The number of para-hydroxylation sites is 2. The minimum absolute atomic E-state index is 0.150. The summed E-state index contributed by atoms with van der Waals surface area (Å²) >= 11 is 1.93. The van der Waals surface area contributed by atoms with E-state index in [9.17, 15) is 19.2 Å². The molecule has 0 bridgehead atoms. The van der Waals surface area contributed by atoms with Gasteiger partial charge in [0.25, 0.3) is 22.3 Å². The van der Waals surface area contributed by atoms with Crippen molar-refractivity contribution in [2.75, 3.05) is 10.6 Å². The molecule has 2 heterocycles. The number of rotatable bonds is 8. The smallest absolute Gasteiger partial charge is 0.291 e. The van der Waals surface area contributed by atoms with Gasteiger partial charge < -0.3 is 10.6 Å². The van der Waals surface area contributed by atoms with Crippen molar-refractivity contribution in [3.63, 3.8) is 0 Å². The van der Waals surface area contributed by atoms with Gasteiger partial charge in [0.05, 0.1) is 13.1 Å². The van der Waals surface area contributed by atoms with Crippen LogP contribution in [0.5, 0.6) is 0 Å². The van der Waals surface area contributed by atoms with Gasteiger partial charge in [0, 0.05) is 11.4 Å². The molecule has 8 nitrogen and oxygen atoms in total. The van der Waals surface area contributed by atoms with Crippen LogP contribution in [0.4, 0.5) is 21.0 Å². The Morgan fingerprint density at radius 1 is 0.605 bits per heavy atom. The predicted molar refractivity (Wildman–Crippen MR) is 151 cm³/mol. The van der Waals surface area contributed by atoms with Crippen molar-refractivity contribution >= 4 is 57.2 Å². The molecule has 2 fully saturated rings. The molecule has 0 radical (unpaired) electrons. The van der Waals surface area contributed by atoms with E-state index in [1.807, 2.05) is 86.6 Å². The zero-order valence-electron chi connectivity index (χ0n) is 20.8. The topological polar surface area (TPSA) is 98.8 Å². The average Bonchev–Trinajstić information content (AvgIpc) is 3.32. The summed E-state index contributed by atoms with van der Waals surface area (Å²) in [5.41, 5.74) is 5.18.